The highest BCUT2D eigenvalue weighted by Gasteiger charge is 2.44. The number of nitrogens with zero attached hydrogens (tertiary/aromatic N) is 3. The number of carbonyl (C=O) groups is 2. The second-order valence-electron chi connectivity index (χ2n) is 7.50. The van der Waals surface area contributed by atoms with Crippen molar-refractivity contribution in [3.63, 3.8) is 0 Å². The van der Waals surface area contributed by atoms with Gasteiger partial charge in [-0.25, -0.2) is 14.8 Å². The number of carboxylic acid groups (broad SMARTS) is 1. The molecule has 32 heavy (non-hydrogen) atoms. The molecule has 1 aromatic rings. The fourth-order valence-corrected chi connectivity index (χ4v) is 4.79. The number of allylic oxidation sites excluding steroid dienone is 1. The molecular formula is C19H24F3N5O4S. The molecule has 0 spiro atoms. The summed E-state index contributed by atoms with van der Waals surface area (Å²) in [7, 11) is 1.46. The SMILES string of the molecule is CCC1=C(C(F)(F)F)N=C(C(=O)N[C@@H]2CCN(c3nc(C(=O)O)c(C)s3)C[C@@H]2OC)C1N. The van der Waals surface area contributed by atoms with Crippen molar-refractivity contribution in [2.45, 2.75) is 51.1 Å². The van der Waals surface area contributed by atoms with E-state index in [0.717, 1.165) is 0 Å². The minimum Gasteiger partial charge on any atom is -0.476 e. The number of ether oxygens (including phenoxy) is 1. The molecule has 176 valence electrons. The number of rotatable bonds is 6. The Labute approximate surface area is 186 Å². The number of nitrogens with two attached hydrogens (primary N) is 1. The number of thiazole rings is 1. The predicted octanol–water partition coefficient (Wildman–Crippen LogP) is 1.87. The van der Waals surface area contributed by atoms with Gasteiger partial charge in [-0.05, 0) is 25.3 Å². The van der Waals surface area contributed by atoms with E-state index in [1.54, 1.807) is 6.92 Å². The van der Waals surface area contributed by atoms with E-state index in [2.05, 4.69) is 15.3 Å². The normalized spacial score (nSPS) is 24.0. The maximum Gasteiger partial charge on any atom is 0.433 e. The number of anilines is 1. The number of aromatic nitrogens is 1. The molecule has 0 radical (unpaired) electrons. The maximum atomic E-state index is 13.2. The Morgan fingerprint density at radius 3 is 2.59 bits per heavy atom. The molecule has 9 nitrogen and oxygen atoms in total. The lowest BCUT2D eigenvalue weighted by atomic mass is 9.99. The molecule has 1 unspecified atom stereocenters. The summed E-state index contributed by atoms with van der Waals surface area (Å²) in [6.45, 7) is 3.97. The van der Waals surface area contributed by atoms with Crippen molar-refractivity contribution in [2.24, 2.45) is 10.7 Å². The first kappa shape index (κ1) is 24.1. The summed E-state index contributed by atoms with van der Waals surface area (Å²) in [5.41, 5.74) is 4.29. The third-order valence-corrected chi connectivity index (χ3v) is 6.56. The van der Waals surface area contributed by atoms with Crippen LogP contribution in [-0.2, 0) is 9.53 Å². The van der Waals surface area contributed by atoms with E-state index in [9.17, 15) is 27.9 Å². The van der Waals surface area contributed by atoms with Crippen molar-refractivity contribution in [1.29, 1.82) is 0 Å². The molecule has 3 atom stereocenters. The molecule has 0 aromatic carbocycles. The van der Waals surface area contributed by atoms with Crippen LogP contribution < -0.4 is 16.0 Å². The number of halogens is 3. The van der Waals surface area contributed by atoms with Gasteiger partial charge in [-0.1, -0.05) is 6.92 Å². The van der Waals surface area contributed by atoms with Crippen molar-refractivity contribution >= 4 is 34.1 Å². The van der Waals surface area contributed by atoms with Gasteiger partial charge in [0.15, 0.2) is 10.8 Å². The van der Waals surface area contributed by atoms with Crippen molar-refractivity contribution in [2.75, 3.05) is 25.1 Å². The van der Waals surface area contributed by atoms with Gasteiger partial charge in [0.05, 0.1) is 18.2 Å². The van der Waals surface area contributed by atoms with Gasteiger partial charge in [0.1, 0.15) is 11.4 Å². The second-order valence-corrected chi connectivity index (χ2v) is 8.68. The Kier molecular flexibility index (Phi) is 6.91. The molecular weight excluding hydrogens is 451 g/mol. The molecule has 1 fully saturated rings. The standard InChI is InChI=1S/C19H24F3N5O4S/c1-4-9-12(23)14(25-15(9)19(20,21)22)16(28)24-10-5-6-27(7-11(10)31-3)18-26-13(17(29)30)8(2)32-18/h10-12H,4-7,23H2,1-3H3,(H,24,28)(H,29,30)/t10-,11+,12?/m1/s1. The topological polar surface area (TPSA) is 130 Å². The first-order chi connectivity index (χ1) is 15.0. The first-order valence-corrected chi connectivity index (χ1v) is 10.7. The number of alkyl halides is 3. The first-order valence-electron chi connectivity index (χ1n) is 9.91. The quantitative estimate of drug-likeness (QED) is 0.573. The van der Waals surface area contributed by atoms with E-state index in [0.29, 0.717) is 29.5 Å². The molecule has 0 aliphatic carbocycles. The summed E-state index contributed by atoms with van der Waals surface area (Å²) >= 11 is 1.25. The number of methoxy groups -OCH3 is 1. The number of piperidine rings is 1. The van der Waals surface area contributed by atoms with Crippen LogP contribution in [-0.4, -0.2) is 72.2 Å². The van der Waals surface area contributed by atoms with Gasteiger partial charge < -0.3 is 25.8 Å². The molecule has 3 heterocycles. The fraction of sp³-hybridized carbons (Fsp3) is 0.579. The summed E-state index contributed by atoms with van der Waals surface area (Å²) in [5, 5.41) is 12.4. The molecule has 3 rings (SSSR count). The second kappa shape index (κ2) is 9.16. The maximum absolute atomic E-state index is 13.2. The highest BCUT2D eigenvalue weighted by Crippen LogP contribution is 2.35. The third kappa shape index (κ3) is 4.64. The number of aryl methyl sites for hydroxylation is 1. The average molecular weight is 475 g/mol. The lowest BCUT2D eigenvalue weighted by Gasteiger charge is -2.38. The van der Waals surface area contributed by atoms with E-state index < -0.39 is 41.9 Å². The van der Waals surface area contributed by atoms with Gasteiger partial charge >= 0.3 is 12.1 Å². The van der Waals surface area contributed by atoms with Gasteiger partial charge in [-0.15, -0.1) is 11.3 Å². The number of carbonyl (C=O) groups excluding carboxylic acids is 1. The van der Waals surface area contributed by atoms with E-state index >= 15 is 0 Å². The smallest absolute Gasteiger partial charge is 0.433 e. The molecule has 2 aliphatic heterocycles. The number of amides is 1. The number of aromatic carboxylic acids is 1. The number of carboxylic acids is 1. The van der Waals surface area contributed by atoms with Crippen LogP contribution in [0.3, 0.4) is 0 Å². The Morgan fingerprint density at radius 2 is 2.09 bits per heavy atom. The van der Waals surface area contributed by atoms with Gasteiger partial charge in [0.25, 0.3) is 5.91 Å². The Hall–Kier alpha value is -2.51. The lowest BCUT2D eigenvalue weighted by Crippen LogP contribution is -2.57. The van der Waals surface area contributed by atoms with Gasteiger partial charge in [0, 0.05) is 25.1 Å². The van der Waals surface area contributed by atoms with E-state index in [1.807, 2.05) is 4.90 Å². The molecule has 1 aromatic heterocycles. The van der Waals surface area contributed by atoms with Crippen molar-refractivity contribution in [1.82, 2.24) is 10.3 Å². The van der Waals surface area contributed by atoms with Crippen molar-refractivity contribution in [3.05, 3.63) is 21.8 Å². The number of hydrogen-bond acceptors (Lipinski definition) is 8. The van der Waals surface area contributed by atoms with Crippen molar-refractivity contribution < 1.29 is 32.6 Å². The highest BCUT2D eigenvalue weighted by molar-refractivity contribution is 7.15. The minimum absolute atomic E-state index is 0.0117. The zero-order chi connectivity index (χ0) is 23.8. The number of aliphatic imine (C=N–C) groups is 1. The highest BCUT2D eigenvalue weighted by atomic mass is 32.1. The molecule has 0 bridgehead atoms. The summed E-state index contributed by atoms with van der Waals surface area (Å²) < 4.78 is 45.2. The number of nitrogens with one attached hydrogen (secondary N) is 1. The van der Waals surface area contributed by atoms with Crippen LogP contribution in [0, 0.1) is 6.92 Å². The average Bonchev–Trinajstić information content (AvgIpc) is 3.28. The fourth-order valence-electron chi connectivity index (χ4n) is 3.85. The Balaban J connectivity index is 1.71. The van der Waals surface area contributed by atoms with E-state index in [4.69, 9.17) is 10.5 Å². The predicted molar refractivity (Wildman–Crippen MR) is 112 cm³/mol. The lowest BCUT2D eigenvalue weighted by molar-refractivity contribution is -0.116. The molecule has 4 N–H and O–H groups in total. The van der Waals surface area contributed by atoms with Gasteiger partial charge in [-0.2, -0.15) is 13.2 Å². The molecule has 1 saturated heterocycles. The third-order valence-electron chi connectivity index (χ3n) is 5.53. The molecule has 13 heteroatoms. The summed E-state index contributed by atoms with van der Waals surface area (Å²) in [6.07, 6.45) is -4.75. The molecule has 1 amide bonds. The minimum atomic E-state index is -4.69. The summed E-state index contributed by atoms with van der Waals surface area (Å²) in [5.74, 6) is -1.87. The van der Waals surface area contributed by atoms with Crippen LogP contribution in [0.5, 0.6) is 0 Å². The van der Waals surface area contributed by atoms with E-state index in [1.165, 1.54) is 25.4 Å². The molecule has 2 aliphatic rings. The Morgan fingerprint density at radius 1 is 1.41 bits per heavy atom. The van der Waals surface area contributed by atoms with Crippen LogP contribution in [0.15, 0.2) is 16.3 Å². The van der Waals surface area contributed by atoms with E-state index in [-0.39, 0.29) is 23.4 Å². The van der Waals surface area contributed by atoms with Gasteiger partial charge in [0.2, 0.25) is 0 Å². The largest absolute Gasteiger partial charge is 0.476 e. The summed E-state index contributed by atoms with van der Waals surface area (Å²) in [6, 6.07) is -1.70. The van der Waals surface area contributed by atoms with Crippen LogP contribution in [0.4, 0.5) is 18.3 Å². The molecule has 0 saturated carbocycles. The van der Waals surface area contributed by atoms with Crippen LogP contribution in [0.1, 0.15) is 35.1 Å². The van der Waals surface area contributed by atoms with Crippen LogP contribution >= 0.6 is 11.3 Å². The Bertz CT molecular complexity index is 975. The number of hydrogen-bond donors (Lipinski definition) is 3. The van der Waals surface area contributed by atoms with Crippen LogP contribution in [0.2, 0.25) is 0 Å². The van der Waals surface area contributed by atoms with Gasteiger partial charge in [-0.3, -0.25) is 4.79 Å². The zero-order valence-electron chi connectivity index (χ0n) is 17.7. The van der Waals surface area contributed by atoms with Crippen LogP contribution in [0.25, 0.3) is 0 Å². The van der Waals surface area contributed by atoms with Crippen molar-refractivity contribution in [3.8, 4) is 0 Å². The monoisotopic (exact) mass is 475 g/mol. The zero-order valence-corrected chi connectivity index (χ0v) is 18.5. The summed E-state index contributed by atoms with van der Waals surface area (Å²) in [4.78, 5) is 34.1.